The van der Waals surface area contributed by atoms with E-state index in [1.807, 2.05) is 17.5 Å². The first-order valence-electron chi connectivity index (χ1n) is 8.43. The van der Waals surface area contributed by atoms with E-state index < -0.39 is 0 Å². The fourth-order valence-electron chi connectivity index (χ4n) is 4.05. The van der Waals surface area contributed by atoms with Gasteiger partial charge in [0.2, 0.25) is 5.91 Å². The van der Waals surface area contributed by atoms with Crippen molar-refractivity contribution in [1.29, 1.82) is 0 Å². The van der Waals surface area contributed by atoms with Crippen LogP contribution in [0.3, 0.4) is 0 Å². The van der Waals surface area contributed by atoms with Crippen molar-refractivity contribution in [3.63, 3.8) is 0 Å². The molecule has 1 atom stereocenters. The molecule has 1 spiro atoms. The van der Waals surface area contributed by atoms with Crippen molar-refractivity contribution in [3.8, 4) is 0 Å². The Kier molecular flexibility index (Phi) is 4.28. The van der Waals surface area contributed by atoms with Crippen molar-refractivity contribution in [2.75, 3.05) is 13.1 Å². The second-order valence-corrected chi connectivity index (χ2v) is 7.38. The third-order valence-electron chi connectivity index (χ3n) is 5.19. The van der Waals surface area contributed by atoms with Crippen LogP contribution in [0, 0.1) is 0 Å². The zero-order valence-corrected chi connectivity index (χ0v) is 14.4. The first kappa shape index (κ1) is 15.7. The summed E-state index contributed by atoms with van der Waals surface area (Å²) in [6, 6.07) is 4.00. The van der Waals surface area contributed by atoms with Gasteiger partial charge in [0.15, 0.2) is 0 Å². The molecule has 0 radical (unpaired) electrons. The van der Waals surface area contributed by atoms with Gasteiger partial charge in [0.1, 0.15) is 0 Å². The third-order valence-corrected chi connectivity index (χ3v) is 5.75. The first-order chi connectivity index (χ1) is 11.8. The Labute approximate surface area is 145 Å². The smallest absolute Gasteiger partial charge is 0.223 e. The van der Waals surface area contributed by atoms with Crippen molar-refractivity contribution in [3.05, 3.63) is 41.2 Å². The second-order valence-electron chi connectivity index (χ2n) is 6.77. The third kappa shape index (κ3) is 3.06. The zero-order valence-electron chi connectivity index (χ0n) is 13.6. The van der Waals surface area contributed by atoms with Crippen molar-refractivity contribution in [1.82, 2.24) is 24.4 Å². The second kappa shape index (κ2) is 6.57. The van der Waals surface area contributed by atoms with Crippen LogP contribution in [0.25, 0.3) is 0 Å². The maximum Gasteiger partial charge on any atom is 0.223 e. The number of piperidine rings is 1. The SMILES string of the molecule is O=C1CCC2(CCCN(Cc3csnn3)C2)N1Cc1ccncc1. The molecule has 1 amide bonds. The normalized spacial score (nSPS) is 24.8. The van der Waals surface area contributed by atoms with Gasteiger partial charge in [-0.25, -0.2) is 0 Å². The molecule has 2 aliphatic heterocycles. The minimum Gasteiger partial charge on any atom is -0.331 e. The van der Waals surface area contributed by atoms with E-state index in [9.17, 15) is 4.79 Å². The summed E-state index contributed by atoms with van der Waals surface area (Å²) in [5, 5.41) is 6.18. The van der Waals surface area contributed by atoms with E-state index >= 15 is 0 Å². The molecule has 6 nitrogen and oxygen atoms in total. The molecule has 126 valence electrons. The van der Waals surface area contributed by atoms with Gasteiger partial charge in [-0.3, -0.25) is 14.7 Å². The molecule has 0 aromatic carbocycles. The van der Waals surface area contributed by atoms with Gasteiger partial charge in [-0.15, -0.1) is 5.10 Å². The number of hydrogen-bond donors (Lipinski definition) is 0. The number of pyridine rings is 1. The van der Waals surface area contributed by atoms with Gasteiger partial charge < -0.3 is 4.90 Å². The molecule has 2 aliphatic rings. The lowest BCUT2D eigenvalue weighted by molar-refractivity contribution is -0.133. The highest BCUT2D eigenvalue weighted by atomic mass is 32.1. The number of hydrogen-bond acceptors (Lipinski definition) is 6. The molecule has 0 N–H and O–H groups in total. The highest BCUT2D eigenvalue weighted by Gasteiger charge is 2.47. The summed E-state index contributed by atoms with van der Waals surface area (Å²) in [7, 11) is 0. The zero-order chi connectivity index (χ0) is 16.4. The van der Waals surface area contributed by atoms with E-state index in [1.165, 1.54) is 11.5 Å². The standard InChI is InChI=1S/C17H21N5OS/c23-16-2-6-17(22(16)10-14-3-7-18-8-4-14)5-1-9-21(13-17)11-15-12-24-20-19-15/h3-4,7-8,12H,1-2,5-6,9-11,13H2. The summed E-state index contributed by atoms with van der Waals surface area (Å²) in [6.45, 7) is 3.51. The molecule has 24 heavy (non-hydrogen) atoms. The van der Waals surface area contributed by atoms with Crippen molar-refractivity contribution in [2.45, 2.75) is 44.3 Å². The average Bonchev–Trinajstić information content (AvgIpc) is 3.20. The summed E-state index contributed by atoms with van der Waals surface area (Å²) in [4.78, 5) is 21.2. The summed E-state index contributed by atoms with van der Waals surface area (Å²) < 4.78 is 3.95. The lowest BCUT2D eigenvalue weighted by Gasteiger charge is -2.46. The van der Waals surface area contributed by atoms with Gasteiger partial charge in [0, 0.05) is 43.8 Å². The molecular weight excluding hydrogens is 322 g/mol. The van der Waals surface area contributed by atoms with E-state index in [0.717, 1.165) is 50.2 Å². The van der Waals surface area contributed by atoms with Gasteiger partial charge >= 0.3 is 0 Å². The number of amides is 1. The molecule has 4 rings (SSSR count). The topological polar surface area (TPSA) is 62.2 Å². The first-order valence-corrected chi connectivity index (χ1v) is 9.27. The largest absolute Gasteiger partial charge is 0.331 e. The lowest BCUT2D eigenvalue weighted by atomic mass is 9.86. The molecular formula is C17H21N5OS. The Balaban J connectivity index is 1.52. The van der Waals surface area contributed by atoms with Crippen LogP contribution in [-0.2, 0) is 17.9 Å². The summed E-state index contributed by atoms with van der Waals surface area (Å²) in [6.07, 6.45) is 7.43. The van der Waals surface area contributed by atoms with Crippen molar-refractivity contribution < 1.29 is 4.79 Å². The Morgan fingerprint density at radius 2 is 2.08 bits per heavy atom. The Hall–Kier alpha value is -1.86. The van der Waals surface area contributed by atoms with E-state index in [4.69, 9.17) is 0 Å². The van der Waals surface area contributed by atoms with Gasteiger partial charge in [0.25, 0.3) is 0 Å². The minimum atomic E-state index is -0.0257. The quantitative estimate of drug-likeness (QED) is 0.851. The number of rotatable bonds is 4. The predicted octanol–water partition coefficient (Wildman–Crippen LogP) is 2.09. The molecule has 2 aromatic heterocycles. The van der Waals surface area contributed by atoms with Crippen molar-refractivity contribution in [2.24, 2.45) is 0 Å². The number of aromatic nitrogens is 3. The Morgan fingerprint density at radius 3 is 2.88 bits per heavy atom. The molecule has 0 saturated carbocycles. The van der Waals surface area contributed by atoms with Crippen LogP contribution in [0.1, 0.15) is 36.9 Å². The molecule has 7 heteroatoms. The van der Waals surface area contributed by atoms with Crippen molar-refractivity contribution >= 4 is 17.4 Å². The summed E-state index contributed by atoms with van der Waals surface area (Å²) in [5.41, 5.74) is 2.16. The van der Waals surface area contributed by atoms with E-state index in [2.05, 4.69) is 24.4 Å². The molecule has 0 bridgehead atoms. The fourth-order valence-corrected chi connectivity index (χ4v) is 4.49. The van der Waals surface area contributed by atoms with Crippen LogP contribution in [-0.4, -0.2) is 48.9 Å². The van der Waals surface area contributed by atoms with E-state index in [0.29, 0.717) is 13.0 Å². The monoisotopic (exact) mass is 343 g/mol. The van der Waals surface area contributed by atoms with Crippen LogP contribution in [0.5, 0.6) is 0 Å². The average molecular weight is 343 g/mol. The number of likely N-dealkylation sites (tertiary alicyclic amines) is 2. The van der Waals surface area contributed by atoms with Crippen LogP contribution in [0.15, 0.2) is 29.9 Å². The van der Waals surface area contributed by atoms with Crippen LogP contribution < -0.4 is 0 Å². The van der Waals surface area contributed by atoms with Crippen LogP contribution in [0.2, 0.25) is 0 Å². The van der Waals surface area contributed by atoms with Gasteiger partial charge in [-0.2, -0.15) is 0 Å². The molecule has 2 saturated heterocycles. The molecule has 2 fully saturated rings. The molecule has 4 heterocycles. The molecule has 2 aromatic rings. The minimum absolute atomic E-state index is 0.0257. The molecule has 1 unspecified atom stereocenters. The van der Waals surface area contributed by atoms with Gasteiger partial charge in [-0.05, 0) is 55.0 Å². The fraction of sp³-hybridized carbons (Fsp3) is 0.529. The van der Waals surface area contributed by atoms with E-state index in [-0.39, 0.29) is 11.4 Å². The van der Waals surface area contributed by atoms with E-state index in [1.54, 1.807) is 12.4 Å². The maximum atomic E-state index is 12.5. The summed E-state index contributed by atoms with van der Waals surface area (Å²) >= 11 is 1.40. The number of carbonyl (C=O) groups excluding carboxylic acids is 1. The highest BCUT2D eigenvalue weighted by Crippen LogP contribution is 2.39. The van der Waals surface area contributed by atoms with Gasteiger partial charge in [-0.1, -0.05) is 4.49 Å². The number of carbonyl (C=O) groups is 1. The van der Waals surface area contributed by atoms with Crippen LogP contribution in [0.4, 0.5) is 0 Å². The predicted molar refractivity (Wildman–Crippen MR) is 91.2 cm³/mol. The van der Waals surface area contributed by atoms with Crippen LogP contribution >= 0.6 is 11.5 Å². The molecule has 0 aliphatic carbocycles. The maximum absolute atomic E-state index is 12.5. The lowest BCUT2D eigenvalue weighted by Crippen LogP contribution is -2.55. The summed E-state index contributed by atoms with van der Waals surface area (Å²) in [5.74, 6) is 0.281. The van der Waals surface area contributed by atoms with Gasteiger partial charge in [0.05, 0.1) is 11.2 Å². The Morgan fingerprint density at radius 1 is 1.21 bits per heavy atom. The highest BCUT2D eigenvalue weighted by molar-refractivity contribution is 7.03. The number of nitrogens with zero attached hydrogens (tertiary/aromatic N) is 5. The Bertz CT molecular complexity index is 692.